The maximum absolute atomic E-state index is 13.1. The number of nitrogens with zero attached hydrogens (tertiary/aromatic N) is 1. The van der Waals surface area contributed by atoms with Crippen LogP contribution in [0.1, 0.15) is 46.0 Å². The Labute approximate surface area is 191 Å². The first-order chi connectivity index (χ1) is 15.0. The molecule has 1 aliphatic heterocycles. The van der Waals surface area contributed by atoms with Crippen LogP contribution in [0, 0.1) is 5.92 Å². The van der Waals surface area contributed by atoms with Crippen molar-refractivity contribution in [3.8, 4) is 0 Å². The summed E-state index contributed by atoms with van der Waals surface area (Å²) < 4.78 is 0. The Bertz CT molecular complexity index is 703. The molecule has 0 aliphatic carbocycles. The summed E-state index contributed by atoms with van der Waals surface area (Å²) in [5.74, 6) is -3.75. The first kappa shape index (κ1) is 27.7. The van der Waals surface area contributed by atoms with Gasteiger partial charge in [-0.15, -0.1) is 0 Å². The minimum absolute atomic E-state index is 0.0307. The van der Waals surface area contributed by atoms with Crippen molar-refractivity contribution in [1.29, 1.82) is 0 Å². The molecular weight excluding hydrogens is 440 g/mol. The van der Waals surface area contributed by atoms with Crippen molar-refractivity contribution in [3.63, 3.8) is 0 Å². The van der Waals surface area contributed by atoms with Gasteiger partial charge in [0.1, 0.15) is 18.1 Å². The molecule has 182 valence electrons. The Morgan fingerprint density at radius 3 is 2.31 bits per heavy atom. The highest BCUT2D eigenvalue weighted by molar-refractivity contribution is 7.98. The molecule has 4 atom stereocenters. The summed E-state index contributed by atoms with van der Waals surface area (Å²) in [6, 6.07) is -4.30. The number of carbonyl (C=O) groups excluding carboxylic acids is 3. The van der Waals surface area contributed by atoms with Gasteiger partial charge < -0.3 is 31.5 Å². The minimum Gasteiger partial charge on any atom is -0.481 e. The third kappa shape index (κ3) is 8.65. The Kier molecular flexibility index (Phi) is 11.5. The van der Waals surface area contributed by atoms with E-state index in [1.165, 1.54) is 16.7 Å². The van der Waals surface area contributed by atoms with Crippen LogP contribution in [-0.2, 0) is 24.0 Å². The van der Waals surface area contributed by atoms with Gasteiger partial charge in [-0.3, -0.25) is 19.2 Å². The zero-order valence-corrected chi connectivity index (χ0v) is 19.5. The third-order valence-electron chi connectivity index (χ3n) is 5.12. The number of carboxylic acid groups (broad SMARTS) is 2. The number of carboxylic acids is 2. The lowest BCUT2D eigenvalue weighted by Crippen LogP contribution is -2.57. The summed E-state index contributed by atoms with van der Waals surface area (Å²) in [5.41, 5.74) is 5.82. The molecule has 0 saturated carbocycles. The van der Waals surface area contributed by atoms with Crippen molar-refractivity contribution in [1.82, 2.24) is 15.5 Å². The van der Waals surface area contributed by atoms with Crippen LogP contribution < -0.4 is 16.4 Å². The second-order valence-corrected chi connectivity index (χ2v) is 9.25. The van der Waals surface area contributed by atoms with E-state index in [4.69, 9.17) is 5.73 Å². The van der Waals surface area contributed by atoms with Gasteiger partial charge in [0.15, 0.2) is 0 Å². The fourth-order valence-electron chi connectivity index (χ4n) is 3.49. The van der Waals surface area contributed by atoms with Gasteiger partial charge in [0, 0.05) is 6.54 Å². The predicted octanol–water partition coefficient (Wildman–Crippen LogP) is -0.367. The second kappa shape index (κ2) is 13.3. The number of carbonyl (C=O) groups is 5. The van der Waals surface area contributed by atoms with Crippen molar-refractivity contribution in [2.75, 3.05) is 18.6 Å². The van der Waals surface area contributed by atoms with Crippen LogP contribution in [-0.4, -0.2) is 87.5 Å². The lowest BCUT2D eigenvalue weighted by molar-refractivity contribution is -0.147. The number of rotatable bonds is 13. The van der Waals surface area contributed by atoms with E-state index < -0.39 is 60.2 Å². The Balaban J connectivity index is 2.93. The molecule has 3 amide bonds. The maximum atomic E-state index is 13.1. The Hall–Kier alpha value is -2.34. The van der Waals surface area contributed by atoms with Gasteiger partial charge in [-0.2, -0.15) is 11.8 Å². The molecular formula is C20H34N4O7S. The molecule has 1 heterocycles. The normalized spacial score (nSPS) is 18.7. The average Bonchev–Trinajstić information content (AvgIpc) is 3.19. The van der Waals surface area contributed by atoms with Gasteiger partial charge in [-0.05, 0) is 43.6 Å². The molecule has 11 nitrogen and oxygen atoms in total. The van der Waals surface area contributed by atoms with Gasteiger partial charge in [-0.1, -0.05) is 13.8 Å². The summed E-state index contributed by atoms with van der Waals surface area (Å²) in [7, 11) is 0. The van der Waals surface area contributed by atoms with Gasteiger partial charge >= 0.3 is 11.9 Å². The lowest BCUT2D eigenvalue weighted by atomic mass is 10.0. The second-order valence-electron chi connectivity index (χ2n) is 8.27. The third-order valence-corrected chi connectivity index (χ3v) is 5.77. The van der Waals surface area contributed by atoms with Crippen LogP contribution in [0.4, 0.5) is 0 Å². The largest absolute Gasteiger partial charge is 0.481 e. The molecule has 12 heteroatoms. The number of nitrogens with one attached hydrogen (secondary N) is 2. The number of likely N-dealkylation sites (tertiary alicyclic amines) is 1. The number of aliphatic carboxylic acids is 2. The Morgan fingerprint density at radius 1 is 1.12 bits per heavy atom. The van der Waals surface area contributed by atoms with Crippen molar-refractivity contribution in [2.24, 2.45) is 11.7 Å². The number of thioether (sulfide) groups is 1. The standard InChI is InChI=1S/C20H34N4O7S/c1-11(2)9-14(20(30)31)23-18(28)15-5-4-7-24(15)19(29)13(10-16(25)26)22-17(27)12(21)6-8-32-3/h11-15H,4-10,21H2,1-3H3,(H,22,27)(H,23,28)(H,25,26)(H,30,31). The fourth-order valence-corrected chi connectivity index (χ4v) is 3.98. The molecule has 32 heavy (non-hydrogen) atoms. The molecule has 0 bridgehead atoms. The summed E-state index contributed by atoms with van der Waals surface area (Å²) >= 11 is 1.50. The first-order valence-corrected chi connectivity index (χ1v) is 12.0. The van der Waals surface area contributed by atoms with Crippen LogP contribution >= 0.6 is 11.8 Å². The van der Waals surface area contributed by atoms with Crippen LogP contribution in [0.25, 0.3) is 0 Å². The smallest absolute Gasteiger partial charge is 0.326 e. The minimum atomic E-state index is -1.38. The quantitative estimate of drug-likeness (QED) is 0.238. The summed E-state index contributed by atoms with van der Waals surface area (Å²) in [6.07, 6.45) is 2.60. The molecule has 1 aliphatic rings. The maximum Gasteiger partial charge on any atom is 0.326 e. The van der Waals surface area contributed by atoms with E-state index in [0.29, 0.717) is 25.0 Å². The number of amides is 3. The van der Waals surface area contributed by atoms with E-state index in [9.17, 15) is 34.2 Å². The van der Waals surface area contributed by atoms with E-state index in [1.807, 2.05) is 20.1 Å². The molecule has 0 aromatic rings. The van der Waals surface area contributed by atoms with Gasteiger partial charge in [-0.25, -0.2) is 4.79 Å². The van der Waals surface area contributed by atoms with E-state index in [-0.39, 0.29) is 18.9 Å². The predicted molar refractivity (Wildman–Crippen MR) is 119 cm³/mol. The molecule has 0 aromatic heterocycles. The van der Waals surface area contributed by atoms with Crippen molar-refractivity contribution in [2.45, 2.75) is 70.1 Å². The topological polar surface area (TPSA) is 179 Å². The molecule has 0 spiro atoms. The SMILES string of the molecule is CSCCC(N)C(=O)NC(CC(=O)O)C(=O)N1CCCC1C(=O)NC(CC(C)C)C(=O)O. The molecule has 1 fully saturated rings. The number of nitrogens with two attached hydrogens (primary N) is 1. The number of hydrogen-bond donors (Lipinski definition) is 5. The molecule has 0 radical (unpaired) electrons. The number of hydrogen-bond acceptors (Lipinski definition) is 7. The average molecular weight is 475 g/mol. The van der Waals surface area contributed by atoms with Crippen molar-refractivity contribution >= 4 is 41.4 Å². The van der Waals surface area contributed by atoms with Gasteiger partial charge in [0.05, 0.1) is 12.5 Å². The molecule has 1 saturated heterocycles. The van der Waals surface area contributed by atoms with E-state index >= 15 is 0 Å². The Morgan fingerprint density at radius 2 is 1.78 bits per heavy atom. The summed E-state index contributed by atoms with van der Waals surface area (Å²) in [6.45, 7) is 3.86. The van der Waals surface area contributed by atoms with Crippen LogP contribution in [0.15, 0.2) is 0 Å². The van der Waals surface area contributed by atoms with Crippen molar-refractivity contribution in [3.05, 3.63) is 0 Å². The molecule has 6 N–H and O–H groups in total. The monoisotopic (exact) mass is 474 g/mol. The highest BCUT2D eigenvalue weighted by Gasteiger charge is 2.39. The first-order valence-electron chi connectivity index (χ1n) is 10.6. The van der Waals surface area contributed by atoms with Crippen LogP contribution in [0.2, 0.25) is 0 Å². The fraction of sp³-hybridized carbons (Fsp3) is 0.750. The molecule has 4 unspecified atom stereocenters. The van der Waals surface area contributed by atoms with Crippen molar-refractivity contribution < 1.29 is 34.2 Å². The highest BCUT2D eigenvalue weighted by atomic mass is 32.2. The van der Waals surface area contributed by atoms with E-state index in [1.54, 1.807) is 0 Å². The zero-order chi connectivity index (χ0) is 24.4. The molecule has 0 aromatic carbocycles. The van der Waals surface area contributed by atoms with Crippen LogP contribution in [0.3, 0.4) is 0 Å². The molecule has 1 rings (SSSR count). The lowest BCUT2D eigenvalue weighted by Gasteiger charge is -2.29. The zero-order valence-electron chi connectivity index (χ0n) is 18.7. The van der Waals surface area contributed by atoms with E-state index in [2.05, 4.69) is 10.6 Å². The highest BCUT2D eigenvalue weighted by Crippen LogP contribution is 2.20. The summed E-state index contributed by atoms with van der Waals surface area (Å²) in [4.78, 5) is 62.1. The van der Waals surface area contributed by atoms with Gasteiger partial charge in [0.2, 0.25) is 17.7 Å². The van der Waals surface area contributed by atoms with E-state index in [0.717, 1.165) is 0 Å². The summed E-state index contributed by atoms with van der Waals surface area (Å²) in [5, 5.41) is 23.5. The van der Waals surface area contributed by atoms with Gasteiger partial charge in [0.25, 0.3) is 0 Å². The van der Waals surface area contributed by atoms with Crippen LogP contribution in [0.5, 0.6) is 0 Å².